The van der Waals surface area contributed by atoms with E-state index in [1.807, 2.05) is 6.07 Å². The number of nitrogens with one attached hydrogen (secondary N) is 2. The summed E-state index contributed by atoms with van der Waals surface area (Å²) < 4.78 is 2.29. The third-order valence-electron chi connectivity index (χ3n) is 5.63. The molecule has 160 valence electrons. The molecule has 0 unspecified atom stereocenters. The Balaban J connectivity index is 1.42. The van der Waals surface area contributed by atoms with Gasteiger partial charge in [-0.2, -0.15) is 0 Å². The first-order valence-electron chi connectivity index (χ1n) is 11.1. The Labute approximate surface area is 175 Å². The van der Waals surface area contributed by atoms with E-state index in [2.05, 4.69) is 69.0 Å². The third-order valence-corrected chi connectivity index (χ3v) is 5.63. The second kappa shape index (κ2) is 11.2. The summed E-state index contributed by atoms with van der Waals surface area (Å²) >= 11 is 0. The molecule has 0 aliphatic carbocycles. The summed E-state index contributed by atoms with van der Waals surface area (Å²) in [4.78, 5) is 14.5. The van der Waals surface area contributed by atoms with E-state index in [1.165, 1.54) is 31.7 Å². The van der Waals surface area contributed by atoms with Gasteiger partial charge in [-0.1, -0.05) is 19.1 Å². The lowest BCUT2D eigenvalue weighted by Gasteiger charge is -2.34. The van der Waals surface area contributed by atoms with E-state index in [9.17, 15) is 0 Å². The maximum Gasteiger partial charge on any atom is 0.191 e. The third kappa shape index (κ3) is 6.18. The van der Waals surface area contributed by atoms with Crippen LogP contribution >= 0.6 is 0 Å². The van der Waals surface area contributed by atoms with Gasteiger partial charge in [0.1, 0.15) is 5.82 Å². The van der Waals surface area contributed by atoms with Crippen molar-refractivity contribution in [2.75, 3.05) is 58.9 Å². The van der Waals surface area contributed by atoms with E-state index < -0.39 is 0 Å². The van der Waals surface area contributed by atoms with Crippen LogP contribution in [0.4, 0.5) is 0 Å². The number of guanidine groups is 1. The van der Waals surface area contributed by atoms with Crippen molar-refractivity contribution in [2.24, 2.45) is 4.99 Å². The second-order valence-corrected chi connectivity index (χ2v) is 7.62. The van der Waals surface area contributed by atoms with Crippen LogP contribution in [0, 0.1) is 6.92 Å². The number of para-hydroxylation sites is 2. The molecule has 1 aliphatic heterocycles. The largest absolute Gasteiger partial charge is 0.357 e. The maximum atomic E-state index is 4.76. The lowest BCUT2D eigenvalue weighted by atomic mass is 10.3. The summed E-state index contributed by atoms with van der Waals surface area (Å²) in [7, 11) is 0. The lowest BCUT2D eigenvalue weighted by molar-refractivity contribution is 0.139. The molecule has 1 fully saturated rings. The molecule has 1 saturated heterocycles. The fraction of sp³-hybridized carbons (Fsp3) is 0.636. The minimum absolute atomic E-state index is 0.802. The number of fused-ring (bicyclic) bond motifs is 1. The number of aromatic nitrogens is 2. The van der Waals surface area contributed by atoms with Crippen LogP contribution in [0.5, 0.6) is 0 Å². The van der Waals surface area contributed by atoms with Crippen LogP contribution in [0.15, 0.2) is 29.3 Å². The standard InChI is InChI=1S/C22H37N7/c1-4-23-22(25-12-14-28-17-15-27(5-2)16-18-28)24-11-8-13-29-19(3)26-20-9-6-7-10-21(20)29/h6-7,9-10H,4-5,8,11-18H2,1-3H3,(H2,23,24,25). The Hall–Kier alpha value is -2.12. The predicted molar refractivity (Wildman–Crippen MR) is 122 cm³/mol. The number of hydrogen-bond donors (Lipinski definition) is 2. The van der Waals surface area contributed by atoms with Crippen LogP contribution in [0.25, 0.3) is 11.0 Å². The van der Waals surface area contributed by atoms with Crippen LogP contribution < -0.4 is 10.6 Å². The summed E-state index contributed by atoms with van der Waals surface area (Å²) in [5.74, 6) is 2.00. The van der Waals surface area contributed by atoms with Gasteiger partial charge < -0.3 is 20.1 Å². The Morgan fingerprint density at radius 2 is 1.79 bits per heavy atom. The van der Waals surface area contributed by atoms with E-state index in [1.54, 1.807) is 0 Å². The minimum Gasteiger partial charge on any atom is -0.357 e. The fourth-order valence-electron chi connectivity index (χ4n) is 3.90. The minimum atomic E-state index is 0.802. The fourth-order valence-corrected chi connectivity index (χ4v) is 3.90. The first kappa shape index (κ1) is 21.6. The highest BCUT2D eigenvalue weighted by molar-refractivity contribution is 5.79. The number of aryl methyl sites for hydroxylation is 2. The molecule has 1 aliphatic rings. The molecule has 29 heavy (non-hydrogen) atoms. The average Bonchev–Trinajstić information content (AvgIpc) is 3.06. The van der Waals surface area contributed by atoms with Gasteiger partial charge in [-0.3, -0.25) is 9.89 Å². The molecule has 0 radical (unpaired) electrons. The molecule has 7 heteroatoms. The number of imidazole rings is 1. The van der Waals surface area contributed by atoms with Gasteiger partial charge in [-0.25, -0.2) is 4.98 Å². The molecular weight excluding hydrogens is 362 g/mol. The Morgan fingerprint density at radius 1 is 1.03 bits per heavy atom. The number of piperazine rings is 1. The smallest absolute Gasteiger partial charge is 0.191 e. The molecule has 3 rings (SSSR count). The van der Waals surface area contributed by atoms with Gasteiger partial charge in [0.15, 0.2) is 5.96 Å². The number of likely N-dealkylation sites (N-methyl/N-ethyl adjacent to an activating group) is 1. The molecule has 0 bridgehead atoms. The molecule has 1 aromatic carbocycles. The molecule has 0 amide bonds. The average molecular weight is 400 g/mol. The maximum absolute atomic E-state index is 4.76. The molecule has 0 atom stereocenters. The number of benzene rings is 1. The predicted octanol–water partition coefficient (Wildman–Crippen LogP) is 1.93. The zero-order valence-electron chi connectivity index (χ0n) is 18.3. The summed E-state index contributed by atoms with van der Waals surface area (Å²) in [6.45, 7) is 16.9. The highest BCUT2D eigenvalue weighted by Gasteiger charge is 2.14. The molecule has 7 nitrogen and oxygen atoms in total. The monoisotopic (exact) mass is 399 g/mol. The van der Waals surface area contributed by atoms with E-state index in [4.69, 9.17) is 4.99 Å². The molecular formula is C22H37N7. The summed E-state index contributed by atoms with van der Waals surface area (Å²) in [5, 5.41) is 6.86. The van der Waals surface area contributed by atoms with Gasteiger partial charge in [0, 0.05) is 58.9 Å². The van der Waals surface area contributed by atoms with E-state index >= 15 is 0 Å². The van der Waals surface area contributed by atoms with Crippen molar-refractivity contribution >= 4 is 17.0 Å². The highest BCUT2D eigenvalue weighted by atomic mass is 15.3. The van der Waals surface area contributed by atoms with Crippen molar-refractivity contribution in [2.45, 2.75) is 33.7 Å². The van der Waals surface area contributed by atoms with Crippen molar-refractivity contribution in [1.82, 2.24) is 30.0 Å². The Morgan fingerprint density at radius 3 is 2.55 bits per heavy atom. The van der Waals surface area contributed by atoms with E-state index in [0.29, 0.717) is 0 Å². The van der Waals surface area contributed by atoms with Gasteiger partial charge in [0.05, 0.1) is 11.0 Å². The van der Waals surface area contributed by atoms with Crippen molar-refractivity contribution in [1.29, 1.82) is 0 Å². The summed E-state index contributed by atoms with van der Waals surface area (Å²) in [5.41, 5.74) is 2.28. The van der Waals surface area contributed by atoms with Gasteiger partial charge in [0.25, 0.3) is 0 Å². The molecule has 2 N–H and O–H groups in total. The number of aliphatic imine (C=N–C) groups is 1. The summed E-state index contributed by atoms with van der Waals surface area (Å²) in [6.07, 6.45) is 0.997. The van der Waals surface area contributed by atoms with Crippen molar-refractivity contribution in [3.63, 3.8) is 0 Å². The number of rotatable bonds is 9. The Bertz CT molecular complexity index is 775. The molecule has 1 aromatic heterocycles. The zero-order valence-corrected chi connectivity index (χ0v) is 18.3. The van der Waals surface area contributed by atoms with Gasteiger partial charge >= 0.3 is 0 Å². The first-order valence-corrected chi connectivity index (χ1v) is 11.1. The first-order chi connectivity index (χ1) is 14.2. The van der Waals surface area contributed by atoms with Gasteiger partial charge in [0.2, 0.25) is 0 Å². The summed E-state index contributed by atoms with van der Waals surface area (Å²) in [6, 6.07) is 8.34. The van der Waals surface area contributed by atoms with Crippen LogP contribution in [0.3, 0.4) is 0 Å². The highest BCUT2D eigenvalue weighted by Crippen LogP contribution is 2.15. The van der Waals surface area contributed by atoms with Crippen LogP contribution in [0.2, 0.25) is 0 Å². The van der Waals surface area contributed by atoms with Gasteiger partial charge in [-0.05, 0) is 38.9 Å². The number of hydrogen-bond acceptors (Lipinski definition) is 4. The topological polar surface area (TPSA) is 60.7 Å². The molecule has 2 heterocycles. The van der Waals surface area contributed by atoms with Crippen LogP contribution in [-0.2, 0) is 6.54 Å². The molecule has 0 saturated carbocycles. The van der Waals surface area contributed by atoms with Crippen LogP contribution in [0.1, 0.15) is 26.1 Å². The molecule has 2 aromatic rings. The van der Waals surface area contributed by atoms with Crippen molar-refractivity contribution in [3.05, 3.63) is 30.1 Å². The zero-order chi connectivity index (χ0) is 20.5. The SMILES string of the molecule is CCNC(=NCCCn1c(C)nc2ccccc21)NCCN1CCN(CC)CC1. The van der Waals surface area contributed by atoms with Gasteiger partial charge in [-0.15, -0.1) is 0 Å². The normalized spacial score (nSPS) is 16.4. The van der Waals surface area contributed by atoms with Crippen LogP contribution in [-0.4, -0.2) is 84.2 Å². The quantitative estimate of drug-likeness (QED) is 0.383. The van der Waals surface area contributed by atoms with Crippen molar-refractivity contribution < 1.29 is 0 Å². The second-order valence-electron chi connectivity index (χ2n) is 7.62. The molecule has 0 spiro atoms. The van der Waals surface area contributed by atoms with Crippen molar-refractivity contribution in [3.8, 4) is 0 Å². The van der Waals surface area contributed by atoms with E-state index in [0.717, 1.165) is 63.0 Å². The Kier molecular flexibility index (Phi) is 8.31. The number of nitrogens with zero attached hydrogens (tertiary/aromatic N) is 5. The lowest BCUT2D eigenvalue weighted by Crippen LogP contribution is -2.49. The van der Waals surface area contributed by atoms with E-state index in [-0.39, 0.29) is 0 Å².